The monoisotopic (exact) mass is 340 g/mol. The van der Waals surface area contributed by atoms with Crippen LogP contribution >= 0.6 is 11.3 Å². The molecule has 1 aliphatic heterocycles. The van der Waals surface area contributed by atoms with Crippen LogP contribution in [0.3, 0.4) is 0 Å². The lowest BCUT2D eigenvalue weighted by Crippen LogP contribution is -2.38. The van der Waals surface area contributed by atoms with Gasteiger partial charge in [-0.3, -0.25) is 9.20 Å². The van der Waals surface area contributed by atoms with E-state index in [1.165, 1.54) is 11.3 Å². The lowest BCUT2D eigenvalue weighted by molar-refractivity contribution is -0.120. The molecule has 0 unspecified atom stereocenters. The fraction of sp³-hybridized carbons (Fsp3) is 0.333. The van der Waals surface area contributed by atoms with Gasteiger partial charge in [0.05, 0.1) is 12.1 Å². The van der Waals surface area contributed by atoms with Crippen LogP contribution in [0, 0.1) is 0 Å². The highest BCUT2D eigenvalue weighted by molar-refractivity contribution is 7.15. The molecule has 6 heteroatoms. The van der Waals surface area contributed by atoms with Crippen molar-refractivity contribution in [3.05, 3.63) is 53.3 Å². The first-order valence-corrected chi connectivity index (χ1v) is 9.11. The molecule has 1 atom stereocenters. The van der Waals surface area contributed by atoms with Crippen molar-refractivity contribution in [3.63, 3.8) is 0 Å². The summed E-state index contributed by atoms with van der Waals surface area (Å²) in [5.74, 6) is 0.0286. The number of hydrogen-bond acceptors (Lipinski definition) is 4. The molecule has 0 radical (unpaired) electrons. The fourth-order valence-electron chi connectivity index (χ4n) is 3.37. The third-order valence-electron chi connectivity index (χ3n) is 4.51. The van der Waals surface area contributed by atoms with Crippen molar-refractivity contribution in [1.29, 1.82) is 0 Å². The molecule has 3 aromatic rings. The Hall–Kier alpha value is -2.34. The number of imidazole rings is 1. The van der Waals surface area contributed by atoms with Crippen molar-refractivity contribution >= 4 is 27.9 Å². The van der Waals surface area contributed by atoms with E-state index in [2.05, 4.69) is 46.4 Å². The largest absolute Gasteiger partial charge is 0.367 e. The summed E-state index contributed by atoms with van der Waals surface area (Å²) < 4.78 is 1.95. The van der Waals surface area contributed by atoms with Gasteiger partial charge in [0.25, 0.3) is 0 Å². The van der Waals surface area contributed by atoms with Crippen molar-refractivity contribution < 1.29 is 4.79 Å². The maximum absolute atomic E-state index is 12.1. The molecule has 4 rings (SSSR count). The van der Waals surface area contributed by atoms with Crippen LogP contribution < -0.4 is 10.2 Å². The molecule has 0 saturated carbocycles. The van der Waals surface area contributed by atoms with E-state index >= 15 is 0 Å². The van der Waals surface area contributed by atoms with Crippen LogP contribution in [0.25, 0.3) is 4.96 Å². The number of aromatic nitrogens is 2. The van der Waals surface area contributed by atoms with Crippen LogP contribution in [-0.2, 0) is 17.6 Å². The topological polar surface area (TPSA) is 49.6 Å². The SMILES string of the molecule is C[C@@H]1Cc2ccccc2N1CCNC(=O)Cc1cn2ccsc2n1. The molecule has 1 aliphatic rings. The predicted octanol–water partition coefficient (Wildman–Crippen LogP) is 2.51. The molecule has 3 heterocycles. The second-order valence-electron chi connectivity index (χ2n) is 6.23. The Bertz CT molecular complexity index is 840. The lowest BCUT2D eigenvalue weighted by atomic mass is 10.1. The number of thiazole rings is 1. The van der Waals surface area contributed by atoms with Gasteiger partial charge in [0.2, 0.25) is 5.91 Å². The van der Waals surface area contributed by atoms with Gasteiger partial charge in [-0.05, 0) is 25.0 Å². The number of fused-ring (bicyclic) bond motifs is 2. The minimum absolute atomic E-state index is 0.0286. The zero-order valence-electron chi connectivity index (χ0n) is 13.6. The number of hydrogen-bond donors (Lipinski definition) is 1. The fourth-order valence-corrected chi connectivity index (χ4v) is 4.09. The summed E-state index contributed by atoms with van der Waals surface area (Å²) >= 11 is 1.58. The summed E-state index contributed by atoms with van der Waals surface area (Å²) in [4.78, 5) is 19.9. The summed E-state index contributed by atoms with van der Waals surface area (Å²) in [5.41, 5.74) is 3.52. The second-order valence-corrected chi connectivity index (χ2v) is 7.10. The maximum Gasteiger partial charge on any atom is 0.226 e. The molecule has 0 aliphatic carbocycles. The zero-order valence-corrected chi connectivity index (χ0v) is 14.4. The Kier molecular flexibility index (Phi) is 3.98. The van der Waals surface area contributed by atoms with Crippen LogP contribution in [0.2, 0.25) is 0 Å². The average Bonchev–Trinajstić information content (AvgIpc) is 3.21. The van der Waals surface area contributed by atoms with E-state index in [-0.39, 0.29) is 5.91 Å². The Morgan fingerprint density at radius 1 is 1.42 bits per heavy atom. The van der Waals surface area contributed by atoms with Crippen LogP contribution in [0.4, 0.5) is 5.69 Å². The number of benzene rings is 1. The van der Waals surface area contributed by atoms with Crippen molar-refractivity contribution in [2.45, 2.75) is 25.8 Å². The molecule has 2 aromatic heterocycles. The highest BCUT2D eigenvalue weighted by Gasteiger charge is 2.24. The van der Waals surface area contributed by atoms with E-state index in [0.29, 0.717) is 19.0 Å². The highest BCUT2D eigenvalue weighted by Crippen LogP contribution is 2.31. The summed E-state index contributed by atoms with van der Waals surface area (Å²) in [6.07, 6.45) is 5.29. The van der Waals surface area contributed by atoms with Crippen molar-refractivity contribution in [1.82, 2.24) is 14.7 Å². The van der Waals surface area contributed by atoms with Gasteiger partial charge in [-0.2, -0.15) is 0 Å². The number of carbonyl (C=O) groups excluding carboxylic acids is 1. The maximum atomic E-state index is 12.1. The third kappa shape index (κ3) is 2.89. The van der Waals surface area contributed by atoms with E-state index in [9.17, 15) is 4.79 Å². The molecule has 0 fully saturated rings. The molecule has 124 valence electrons. The van der Waals surface area contributed by atoms with E-state index in [1.54, 1.807) is 11.3 Å². The predicted molar refractivity (Wildman–Crippen MR) is 96.7 cm³/mol. The van der Waals surface area contributed by atoms with E-state index in [0.717, 1.165) is 23.6 Å². The molecule has 1 amide bonds. The number of anilines is 1. The minimum Gasteiger partial charge on any atom is -0.367 e. The molecule has 24 heavy (non-hydrogen) atoms. The van der Waals surface area contributed by atoms with E-state index < -0.39 is 0 Å². The van der Waals surface area contributed by atoms with Gasteiger partial charge in [0.15, 0.2) is 4.96 Å². The van der Waals surface area contributed by atoms with Gasteiger partial charge in [-0.1, -0.05) is 18.2 Å². The highest BCUT2D eigenvalue weighted by atomic mass is 32.1. The lowest BCUT2D eigenvalue weighted by Gasteiger charge is -2.25. The first-order chi connectivity index (χ1) is 11.7. The molecule has 1 aromatic carbocycles. The van der Waals surface area contributed by atoms with Crippen LogP contribution in [0.5, 0.6) is 0 Å². The number of rotatable bonds is 5. The molecule has 5 nitrogen and oxygen atoms in total. The number of amides is 1. The van der Waals surface area contributed by atoms with Crippen molar-refractivity contribution in [3.8, 4) is 0 Å². The van der Waals surface area contributed by atoms with Crippen LogP contribution in [-0.4, -0.2) is 34.4 Å². The minimum atomic E-state index is 0.0286. The summed E-state index contributed by atoms with van der Waals surface area (Å²) in [5, 5.41) is 5.01. The third-order valence-corrected chi connectivity index (χ3v) is 5.28. The Morgan fingerprint density at radius 2 is 2.29 bits per heavy atom. The van der Waals surface area contributed by atoms with Gasteiger partial charge in [0, 0.05) is 42.6 Å². The second kappa shape index (κ2) is 6.28. The molecular formula is C18H20N4OS. The van der Waals surface area contributed by atoms with E-state index in [4.69, 9.17) is 0 Å². The number of carbonyl (C=O) groups is 1. The Morgan fingerprint density at radius 3 is 3.17 bits per heavy atom. The summed E-state index contributed by atoms with van der Waals surface area (Å²) in [7, 11) is 0. The van der Waals surface area contributed by atoms with Gasteiger partial charge in [-0.15, -0.1) is 11.3 Å². The smallest absolute Gasteiger partial charge is 0.226 e. The van der Waals surface area contributed by atoms with E-state index in [1.807, 2.05) is 22.2 Å². The quantitative estimate of drug-likeness (QED) is 0.776. The molecule has 0 bridgehead atoms. The van der Waals surface area contributed by atoms with Crippen molar-refractivity contribution in [2.75, 3.05) is 18.0 Å². The van der Waals surface area contributed by atoms with Crippen LogP contribution in [0.1, 0.15) is 18.2 Å². The molecule has 0 saturated heterocycles. The van der Waals surface area contributed by atoms with Gasteiger partial charge >= 0.3 is 0 Å². The number of nitrogens with one attached hydrogen (secondary N) is 1. The average molecular weight is 340 g/mol. The summed E-state index contributed by atoms with van der Waals surface area (Å²) in [6, 6.07) is 9.01. The Labute approximate surface area is 144 Å². The number of para-hydroxylation sites is 1. The molecular weight excluding hydrogens is 320 g/mol. The zero-order chi connectivity index (χ0) is 16.5. The van der Waals surface area contributed by atoms with Gasteiger partial charge in [-0.25, -0.2) is 4.98 Å². The standard InChI is InChI=1S/C18H20N4OS/c1-13-10-14-4-2-3-5-16(14)22(13)7-6-19-17(23)11-15-12-21-8-9-24-18(21)20-15/h2-5,8-9,12-13H,6-7,10-11H2,1H3,(H,19,23)/t13-/m1/s1. The van der Waals surface area contributed by atoms with Gasteiger partial charge < -0.3 is 10.2 Å². The first-order valence-electron chi connectivity index (χ1n) is 8.23. The number of nitrogens with zero attached hydrogens (tertiary/aromatic N) is 3. The van der Waals surface area contributed by atoms with Gasteiger partial charge in [0.1, 0.15) is 0 Å². The first kappa shape index (κ1) is 15.2. The molecule has 1 N–H and O–H groups in total. The Balaban J connectivity index is 1.31. The van der Waals surface area contributed by atoms with Crippen molar-refractivity contribution in [2.24, 2.45) is 0 Å². The normalized spacial score (nSPS) is 16.5. The van der Waals surface area contributed by atoms with Crippen LogP contribution in [0.15, 0.2) is 42.0 Å². The summed E-state index contributed by atoms with van der Waals surface area (Å²) in [6.45, 7) is 3.72. The molecule has 0 spiro atoms.